The molecule has 19 heavy (non-hydrogen) atoms. The molecular formula is C14H24ClN3O. The lowest BCUT2D eigenvalue weighted by Crippen LogP contribution is -2.21. The van der Waals surface area contributed by atoms with Crippen LogP contribution in [0.3, 0.4) is 0 Å². The third kappa shape index (κ3) is 5.64. The summed E-state index contributed by atoms with van der Waals surface area (Å²) in [6, 6.07) is 0. The number of alkyl halides is 1. The van der Waals surface area contributed by atoms with Crippen LogP contribution in [0.2, 0.25) is 0 Å². The van der Waals surface area contributed by atoms with Gasteiger partial charge in [0.2, 0.25) is 5.88 Å². The fraction of sp³-hybridized carbons (Fsp3) is 0.714. The molecule has 1 heterocycles. The van der Waals surface area contributed by atoms with Crippen LogP contribution in [-0.4, -0.2) is 28.5 Å². The number of hydrogen-bond acceptors (Lipinski definition) is 4. The van der Waals surface area contributed by atoms with Gasteiger partial charge in [-0.05, 0) is 25.7 Å². The minimum atomic E-state index is 0.0740. The van der Waals surface area contributed by atoms with Gasteiger partial charge in [0.05, 0.1) is 17.5 Å². The fourth-order valence-electron chi connectivity index (χ4n) is 1.84. The highest BCUT2D eigenvalue weighted by atomic mass is 35.5. The van der Waals surface area contributed by atoms with Crippen molar-refractivity contribution in [3.63, 3.8) is 0 Å². The summed E-state index contributed by atoms with van der Waals surface area (Å²) in [6.45, 7) is 11.7. The smallest absolute Gasteiger partial charge is 0.221 e. The highest BCUT2D eigenvalue weighted by Gasteiger charge is 2.17. The van der Waals surface area contributed by atoms with Crippen molar-refractivity contribution in [1.82, 2.24) is 9.97 Å². The van der Waals surface area contributed by atoms with Gasteiger partial charge in [-0.25, -0.2) is 9.97 Å². The second-order valence-electron chi connectivity index (χ2n) is 5.83. The van der Waals surface area contributed by atoms with Crippen LogP contribution in [0.25, 0.3) is 0 Å². The molecule has 0 aliphatic rings. The summed E-state index contributed by atoms with van der Waals surface area (Å²) in [5.74, 6) is 1.42. The van der Waals surface area contributed by atoms with Crippen LogP contribution in [-0.2, 0) is 0 Å². The lowest BCUT2D eigenvalue weighted by Gasteiger charge is -2.22. The third-order valence-electron chi connectivity index (χ3n) is 2.64. The largest absolute Gasteiger partial charge is 0.478 e. The van der Waals surface area contributed by atoms with Crippen molar-refractivity contribution in [3.8, 4) is 5.88 Å². The first kappa shape index (κ1) is 16.0. The van der Waals surface area contributed by atoms with Crippen molar-refractivity contribution < 1.29 is 4.74 Å². The van der Waals surface area contributed by atoms with Crippen molar-refractivity contribution in [3.05, 3.63) is 11.9 Å². The van der Waals surface area contributed by atoms with E-state index in [0.29, 0.717) is 19.0 Å². The van der Waals surface area contributed by atoms with Crippen LogP contribution in [0.15, 0.2) is 6.33 Å². The highest BCUT2D eigenvalue weighted by Crippen LogP contribution is 2.25. The summed E-state index contributed by atoms with van der Waals surface area (Å²) in [6.07, 6.45) is 2.46. The van der Waals surface area contributed by atoms with Gasteiger partial charge in [-0.2, -0.15) is 0 Å². The van der Waals surface area contributed by atoms with Crippen LogP contribution in [0.5, 0.6) is 5.88 Å². The summed E-state index contributed by atoms with van der Waals surface area (Å²) in [5, 5.41) is 3.35. The van der Waals surface area contributed by atoms with Gasteiger partial charge < -0.3 is 10.1 Å². The van der Waals surface area contributed by atoms with Gasteiger partial charge in [-0.3, -0.25) is 0 Å². The number of hydrogen-bond donors (Lipinski definition) is 1. The Bertz CT molecular complexity index is 404. The first-order chi connectivity index (χ1) is 8.83. The van der Waals surface area contributed by atoms with Gasteiger partial charge in [0.15, 0.2) is 0 Å². The number of rotatable bonds is 6. The number of halogens is 1. The Morgan fingerprint density at radius 1 is 1.37 bits per heavy atom. The zero-order valence-electron chi connectivity index (χ0n) is 12.5. The molecule has 0 radical (unpaired) electrons. The van der Waals surface area contributed by atoms with Gasteiger partial charge in [-0.1, -0.05) is 20.8 Å². The minimum absolute atomic E-state index is 0.0740. The molecule has 1 N–H and O–H groups in total. The maximum atomic E-state index is 6.33. The number of ether oxygens (including phenoxy) is 1. The van der Waals surface area contributed by atoms with Gasteiger partial charge in [0.1, 0.15) is 12.1 Å². The van der Waals surface area contributed by atoms with Crippen LogP contribution in [0.4, 0.5) is 5.82 Å². The van der Waals surface area contributed by atoms with E-state index in [9.17, 15) is 0 Å². The maximum Gasteiger partial charge on any atom is 0.221 e. The lowest BCUT2D eigenvalue weighted by molar-refractivity contribution is 0.324. The van der Waals surface area contributed by atoms with Crippen LogP contribution in [0, 0.1) is 12.3 Å². The van der Waals surface area contributed by atoms with Gasteiger partial charge in [0.25, 0.3) is 0 Å². The monoisotopic (exact) mass is 285 g/mol. The van der Waals surface area contributed by atoms with Crippen molar-refractivity contribution in [2.45, 2.75) is 46.4 Å². The quantitative estimate of drug-likeness (QED) is 0.811. The van der Waals surface area contributed by atoms with E-state index in [0.717, 1.165) is 17.8 Å². The second-order valence-corrected chi connectivity index (χ2v) is 6.45. The molecule has 0 saturated heterocycles. The molecule has 0 spiro atoms. The van der Waals surface area contributed by atoms with Crippen molar-refractivity contribution in [1.29, 1.82) is 0 Å². The Morgan fingerprint density at radius 2 is 2.05 bits per heavy atom. The number of anilines is 1. The molecule has 1 atom stereocenters. The second kappa shape index (κ2) is 6.94. The molecule has 1 aromatic rings. The molecular weight excluding hydrogens is 262 g/mol. The van der Waals surface area contributed by atoms with Crippen LogP contribution < -0.4 is 10.1 Å². The summed E-state index contributed by atoms with van der Waals surface area (Å²) < 4.78 is 5.44. The van der Waals surface area contributed by atoms with E-state index in [2.05, 4.69) is 36.1 Å². The predicted octanol–water partition coefficient (Wildman–Crippen LogP) is 3.64. The molecule has 1 unspecified atom stereocenters. The molecule has 0 aliphatic heterocycles. The minimum Gasteiger partial charge on any atom is -0.478 e. The zero-order valence-corrected chi connectivity index (χ0v) is 13.2. The van der Waals surface area contributed by atoms with Crippen molar-refractivity contribution >= 4 is 17.4 Å². The van der Waals surface area contributed by atoms with E-state index < -0.39 is 0 Å². The average Bonchev–Trinajstić information content (AvgIpc) is 2.28. The SMILES string of the molecule is CCOc1ncnc(NCC(Cl)CC(C)(C)C)c1C. The molecule has 108 valence electrons. The van der Waals surface area contributed by atoms with Gasteiger partial charge in [0, 0.05) is 6.54 Å². The van der Waals surface area contributed by atoms with E-state index in [4.69, 9.17) is 16.3 Å². The Kier molecular flexibility index (Phi) is 5.85. The number of aromatic nitrogens is 2. The molecule has 5 heteroatoms. The molecule has 0 bridgehead atoms. The summed E-state index contributed by atoms with van der Waals surface area (Å²) in [7, 11) is 0. The predicted molar refractivity (Wildman–Crippen MR) is 80.1 cm³/mol. The first-order valence-electron chi connectivity index (χ1n) is 6.66. The Hall–Kier alpha value is -1.03. The average molecular weight is 286 g/mol. The molecule has 0 aliphatic carbocycles. The topological polar surface area (TPSA) is 47.0 Å². The molecule has 0 amide bonds. The standard InChI is InChI=1S/C14H24ClN3O/c1-6-19-13-10(2)12(17-9-18-13)16-8-11(15)7-14(3,4)5/h9,11H,6-8H2,1-5H3,(H,16,17,18). The summed E-state index contributed by atoms with van der Waals surface area (Å²) >= 11 is 6.33. The first-order valence-corrected chi connectivity index (χ1v) is 7.09. The fourth-order valence-corrected chi connectivity index (χ4v) is 2.38. The molecule has 0 saturated carbocycles. The van der Waals surface area contributed by atoms with Gasteiger partial charge in [-0.15, -0.1) is 11.6 Å². The van der Waals surface area contributed by atoms with Crippen molar-refractivity contribution in [2.75, 3.05) is 18.5 Å². The molecule has 1 rings (SSSR count). The molecule has 4 nitrogen and oxygen atoms in total. The molecule has 0 aromatic carbocycles. The van der Waals surface area contributed by atoms with E-state index in [-0.39, 0.29) is 10.8 Å². The van der Waals surface area contributed by atoms with E-state index in [1.54, 1.807) is 0 Å². The van der Waals surface area contributed by atoms with Crippen molar-refractivity contribution in [2.24, 2.45) is 5.41 Å². The van der Waals surface area contributed by atoms with Gasteiger partial charge >= 0.3 is 0 Å². The maximum absolute atomic E-state index is 6.33. The lowest BCUT2D eigenvalue weighted by atomic mass is 9.90. The summed E-state index contributed by atoms with van der Waals surface area (Å²) in [4.78, 5) is 8.34. The number of nitrogens with zero attached hydrogens (tertiary/aromatic N) is 2. The van der Waals surface area contributed by atoms with E-state index in [1.165, 1.54) is 6.33 Å². The molecule has 0 fully saturated rings. The third-order valence-corrected chi connectivity index (χ3v) is 2.95. The highest BCUT2D eigenvalue weighted by molar-refractivity contribution is 6.20. The van der Waals surface area contributed by atoms with E-state index in [1.807, 2.05) is 13.8 Å². The van der Waals surface area contributed by atoms with Crippen LogP contribution >= 0.6 is 11.6 Å². The normalized spacial score (nSPS) is 13.2. The number of nitrogens with one attached hydrogen (secondary N) is 1. The van der Waals surface area contributed by atoms with E-state index >= 15 is 0 Å². The van der Waals surface area contributed by atoms with Crippen LogP contribution in [0.1, 0.15) is 39.7 Å². The Labute approximate surface area is 120 Å². The summed E-state index contributed by atoms with van der Waals surface area (Å²) in [5.41, 5.74) is 1.15. The Morgan fingerprint density at radius 3 is 2.63 bits per heavy atom. The molecule has 1 aromatic heterocycles. The zero-order chi connectivity index (χ0) is 14.5. The Balaban J connectivity index is 2.60.